The van der Waals surface area contributed by atoms with E-state index in [-0.39, 0.29) is 5.78 Å². The number of ketones is 1. The number of carbonyl (C=O) groups excluding carboxylic acids is 1. The van der Waals surface area contributed by atoms with Gasteiger partial charge >= 0.3 is 0 Å². The summed E-state index contributed by atoms with van der Waals surface area (Å²) in [5.41, 5.74) is 1.82. The predicted molar refractivity (Wildman–Crippen MR) is 88.4 cm³/mol. The van der Waals surface area contributed by atoms with Crippen LogP contribution in [0.1, 0.15) is 22.3 Å². The van der Waals surface area contributed by atoms with E-state index in [2.05, 4.69) is 5.10 Å². The van der Waals surface area contributed by atoms with Crippen LogP contribution in [0.2, 0.25) is 0 Å². The van der Waals surface area contributed by atoms with Crippen molar-refractivity contribution in [2.45, 2.75) is 19.6 Å². The number of hydrogen-bond acceptors (Lipinski definition) is 3. The van der Waals surface area contributed by atoms with E-state index in [0.29, 0.717) is 25.1 Å². The summed E-state index contributed by atoms with van der Waals surface area (Å²) in [5.74, 6) is 0.868. The van der Waals surface area contributed by atoms with Crippen LogP contribution in [0.15, 0.2) is 73.1 Å². The lowest BCUT2D eigenvalue weighted by Gasteiger charge is -2.07. The molecular weight excluding hydrogens is 288 g/mol. The summed E-state index contributed by atoms with van der Waals surface area (Å²) >= 11 is 0. The molecule has 116 valence electrons. The maximum atomic E-state index is 12.1. The third-order valence-corrected chi connectivity index (χ3v) is 3.55. The summed E-state index contributed by atoms with van der Waals surface area (Å²) in [4.78, 5) is 12.1. The minimum Gasteiger partial charge on any atom is -0.489 e. The van der Waals surface area contributed by atoms with Crippen molar-refractivity contribution in [2.75, 3.05) is 0 Å². The predicted octanol–water partition coefficient (Wildman–Crippen LogP) is 3.74. The molecule has 0 radical (unpaired) electrons. The monoisotopic (exact) mass is 306 g/mol. The molecular formula is C19H18N2O2. The average molecular weight is 306 g/mol. The van der Waals surface area contributed by atoms with E-state index in [0.717, 1.165) is 11.3 Å². The van der Waals surface area contributed by atoms with Crippen molar-refractivity contribution in [2.24, 2.45) is 0 Å². The molecule has 4 heteroatoms. The minimum atomic E-state index is 0.107. The second-order valence-corrected chi connectivity index (χ2v) is 5.24. The van der Waals surface area contributed by atoms with Crippen molar-refractivity contribution in [1.82, 2.24) is 9.78 Å². The van der Waals surface area contributed by atoms with Crippen LogP contribution in [0, 0.1) is 0 Å². The SMILES string of the molecule is O=C(CCn1cccn1)c1ccc(OCc2ccccc2)cc1. The van der Waals surface area contributed by atoms with Gasteiger partial charge in [0.2, 0.25) is 0 Å². The lowest BCUT2D eigenvalue weighted by atomic mass is 10.1. The summed E-state index contributed by atoms with van der Waals surface area (Å²) in [6.45, 7) is 1.12. The van der Waals surface area contributed by atoms with Crippen LogP contribution < -0.4 is 4.74 Å². The minimum absolute atomic E-state index is 0.107. The number of nitrogens with zero attached hydrogens (tertiary/aromatic N) is 2. The first-order valence-electron chi connectivity index (χ1n) is 7.59. The molecule has 0 aliphatic heterocycles. The average Bonchev–Trinajstić information content (AvgIpc) is 3.13. The van der Waals surface area contributed by atoms with Gasteiger partial charge in [0.25, 0.3) is 0 Å². The van der Waals surface area contributed by atoms with E-state index in [1.54, 1.807) is 10.9 Å². The lowest BCUT2D eigenvalue weighted by Crippen LogP contribution is -2.06. The zero-order chi connectivity index (χ0) is 15.9. The summed E-state index contributed by atoms with van der Waals surface area (Å²) in [5, 5.41) is 4.09. The molecule has 0 bridgehead atoms. The van der Waals surface area contributed by atoms with Crippen LogP contribution in [0.5, 0.6) is 5.75 Å². The largest absolute Gasteiger partial charge is 0.489 e. The Labute approximate surface area is 135 Å². The Morgan fingerprint density at radius 2 is 1.78 bits per heavy atom. The summed E-state index contributed by atoms with van der Waals surface area (Å²) < 4.78 is 7.48. The van der Waals surface area contributed by atoms with E-state index in [4.69, 9.17) is 4.74 Å². The topological polar surface area (TPSA) is 44.1 Å². The van der Waals surface area contributed by atoms with Gasteiger partial charge in [0.05, 0.1) is 0 Å². The molecule has 0 atom stereocenters. The van der Waals surface area contributed by atoms with E-state index in [1.165, 1.54) is 0 Å². The van der Waals surface area contributed by atoms with Crippen LogP contribution >= 0.6 is 0 Å². The quantitative estimate of drug-likeness (QED) is 0.625. The smallest absolute Gasteiger partial charge is 0.164 e. The Morgan fingerprint density at radius 3 is 2.48 bits per heavy atom. The van der Waals surface area contributed by atoms with E-state index < -0.39 is 0 Å². The highest BCUT2D eigenvalue weighted by atomic mass is 16.5. The molecule has 0 unspecified atom stereocenters. The number of ether oxygens (including phenoxy) is 1. The number of carbonyl (C=O) groups is 1. The number of aryl methyl sites for hydroxylation is 1. The maximum absolute atomic E-state index is 12.1. The van der Waals surface area contributed by atoms with Crippen molar-refractivity contribution in [3.05, 3.63) is 84.2 Å². The third-order valence-electron chi connectivity index (χ3n) is 3.55. The fourth-order valence-corrected chi connectivity index (χ4v) is 2.27. The molecule has 23 heavy (non-hydrogen) atoms. The van der Waals surface area contributed by atoms with Crippen molar-refractivity contribution in [3.63, 3.8) is 0 Å². The Bertz CT molecular complexity index is 735. The van der Waals surface area contributed by atoms with Crippen molar-refractivity contribution in [3.8, 4) is 5.75 Å². The van der Waals surface area contributed by atoms with Crippen molar-refractivity contribution < 1.29 is 9.53 Å². The molecule has 0 saturated heterocycles. The second kappa shape index (κ2) is 7.40. The van der Waals surface area contributed by atoms with E-state index in [1.807, 2.05) is 66.9 Å². The zero-order valence-electron chi connectivity index (χ0n) is 12.8. The Balaban J connectivity index is 1.53. The standard InChI is InChI=1S/C19H18N2O2/c22-19(11-14-21-13-4-12-20-21)17-7-9-18(10-8-17)23-15-16-5-2-1-3-6-16/h1-10,12-13H,11,14-15H2. The first-order valence-corrected chi connectivity index (χ1v) is 7.59. The first kappa shape index (κ1) is 15.0. The molecule has 0 saturated carbocycles. The van der Waals surface area contributed by atoms with E-state index >= 15 is 0 Å². The van der Waals surface area contributed by atoms with Gasteiger partial charge in [-0.1, -0.05) is 30.3 Å². The van der Waals surface area contributed by atoms with Crippen LogP contribution in [0.25, 0.3) is 0 Å². The third kappa shape index (κ3) is 4.30. The highest BCUT2D eigenvalue weighted by molar-refractivity contribution is 5.96. The van der Waals surface area contributed by atoms with Crippen LogP contribution in [0.4, 0.5) is 0 Å². The summed E-state index contributed by atoms with van der Waals surface area (Å²) in [7, 11) is 0. The van der Waals surface area contributed by atoms with Gasteiger partial charge in [0, 0.05) is 30.9 Å². The van der Waals surface area contributed by atoms with Gasteiger partial charge in [-0.2, -0.15) is 5.10 Å². The van der Waals surface area contributed by atoms with Crippen LogP contribution in [-0.2, 0) is 13.2 Å². The number of Topliss-reactive ketones (excluding diaryl/α,β-unsaturated/α-hetero) is 1. The molecule has 0 amide bonds. The van der Waals surface area contributed by atoms with Gasteiger partial charge in [-0.3, -0.25) is 9.48 Å². The van der Waals surface area contributed by atoms with Crippen molar-refractivity contribution >= 4 is 5.78 Å². The molecule has 4 nitrogen and oxygen atoms in total. The zero-order valence-corrected chi connectivity index (χ0v) is 12.8. The van der Waals surface area contributed by atoms with Crippen molar-refractivity contribution in [1.29, 1.82) is 0 Å². The normalized spacial score (nSPS) is 10.4. The molecule has 2 aromatic carbocycles. The van der Waals surface area contributed by atoms with E-state index in [9.17, 15) is 4.79 Å². The first-order chi connectivity index (χ1) is 11.3. The Kier molecular flexibility index (Phi) is 4.84. The molecule has 0 N–H and O–H groups in total. The lowest BCUT2D eigenvalue weighted by molar-refractivity contribution is 0.0975. The summed E-state index contributed by atoms with van der Waals surface area (Å²) in [6, 6.07) is 19.1. The molecule has 0 aliphatic rings. The van der Waals surface area contributed by atoms with Crippen LogP contribution in [-0.4, -0.2) is 15.6 Å². The fraction of sp³-hybridized carbons (Fsp3) is 0.158. The Hall–Kier alpha value is -2.88. The van der Waals surface area contributed by atoms with Crippen LogP contribution in [0.3, 0.4) is 0 Å². The van der Waals surface area contributed by atoms with Gasteiger partial charge in [-0.25, -0.2) is 0 Å². The van der Waals surface area contributed by atoms with Gasteiger partial charge in [0.1, 0.15) is 12.4 Å². The number of benzene rings is 2. The van der Waals surface area contributed by atoms with Gasteiger partial charge < -0.3 is 4.74 Å². The highest BCUT2D eigenvalue weighted by Crippen LogP contribution is 2.15. The molecule has 0 spiro atoms. The molecule has 3 aromatic rings. The molecule has 3 rings (SSSR count). The maximum Gasteiger partial charge on any atom is 0.164 e. The number of rotatable bonds is 7. The Morgan fingerprint density at radius 1 is 1.00 bits per heavy atom. The fourth-order valence-electron chi connectivity index (χ4n) is 2.27. The highest BCUT2D eigenvalue weighted by Gasteiger charge is 2.06. The number of hydrogen-bond donors (Lipinski definition) is 0. The van der Waals surface area contributed by atoms with Gasteiger partial charge in [-0.05, 0) is 35.9 Å². The molecule has 0 aliphatic carbocycles. The molecule has 1 heterocycles. The van der Waals surface area contributed by atoms with Gasteiger partial charge in [0.15, 0.2) is 5.78 Å². The number of aromatic nitrogens is 2. The second-order valence-electron chi connectivity index (χ2n) is 5.24. The molecule has 0 fully saturated rings. The summed E-state index contributed by atoms with van der Waals surface area (Å²) in [6.07, 6.45) is 4.00. The van der Waals surface area contributed by atoms with Gasteiger partial charge in [-0.15, -0.1) is 0 Å². The molecule has 1 aromatic heterocycles.